The Morgan fingerprint density at radius 1 is 1.44 bits per heavy atom. The largest absolute Gasteiger partial charge is 0.351 e. The normalized spacial score (nSPS) is 10.9. The summed E-state index contributed by atoms with van der Waals surface area (Å²) in [5.74, 6) is 0.0189. The van der Waals surface area contributed by atoms with Crippen molar-refractivity contribution >= 4 is 27.5 Å². The van der Waals surface area contributed by atoms with Crippen LogP contribution in [0.1, 0.15) is 29.2 Å². The third kappa shape index (κ3) is 1.73. The van der Waals surface area contributed by atoms with Crippen molar-refractivity contribution < 1.29 is 4.79 Å². The molecule has 0 unspecified atom stereocenters. The second-order valence-corrected chi connectivity index (χ2v) is 5.03. The fourth-order valence-electron chi connectivity index (χ4n) is 1.94. The summed E-state index contributed by atoms with van der Waals surface area (Å²) in [6.45, 7) is 7.59. The van der Waals surface area contributed by atoms with Gasteiger partial charge in [-0.05, 0) is 32.9 Å². The first-order chi connectivity index (χ1) is 7.67. The zero-order valence-electron chi connectivity index (χ0n) is 9.83. The maximum atomic E-state index is 11.8. The van der Waals surface area contributed by atoms with Gasteiger partial charge < -0.3 is 9.88 Å². The molecule has 3 nitrogen and oxygen atoms in total. The summed E-state index contributed by atoms with van der Waals surface area (Å²) in [5.41, 5.74) is 1.94. The number of aryl methyl sites for hydroxylation is 2. The van der Waals surface area contributed by atoms with Crippen LogP contribution in [0.15, 0.2) is 12.1 Å². The number of rotatable bonds is 3. The van der Waals surface area contributed by atoms with Gasteiger partial charge in [0.25, 0.3) is 5.91 Å². The van der Waals surface area contributed by atoms with E-state index in [1.165, 1.54) is 15.1 Å². The summed E-state index contributed by atoms with van der Waals surface area (Å²) in [5, 5.41) is 2.85. The first kappa shape index (κ1) is 11.2. The van der Waals surface area contributed by atoms with Crippen LogP contribution >= 0.6 is 11.3 Å². The van der Waals surface area contributed by atoms with Crippen LogP contribution in [0.3, 0.4) is 0 Å². The Morgan fingerprint density at radius 3 is 2.81 bits per heavy atom. The number of hydrogen-bond donors (Lipinski definition) is 1. The van der Waals surface area contributed by atoms with E-state index < -0.39 is 0 Å². The highest BCUT2D eigenvalue weighted by Crippen LogP contribution is 2.28. The smallest absolute Gasteiger partial charge is 0.267 e. The molecule has 2 aromatic rings. The second kappa shape index (κ2) is 4.29. The zero-order chi connectivity index (χ0) is 11.7. The van der Waals surface area contributed by atoms with Gasteiger partial charge in [0.1, 0.15) is 5.69 Å². The molecule has 2 rings (SSSR count). The highest BCUT2D eigenvalue weighted by atomic mass is 32.1. The quantitative estimate of drug-likeness (QED) is 0.873. The van der Waals surface area contributed by atoms with Crippen LogP contribution in [-0.2, 0) is 6.54 Å². The van der Waals surface area contributed by atoms with Gasteiger partial charge in [0, 0.05) is 18.0 Å². The SMILES string of the molecule is CCNC(=O)c1cc2sc(C)cc2n1CC. The minimum atomic E-state index is 0.0189. The average Bonchev–Trinajstić information content (AvgIpc) is 2.73. The van der Waals surface area contributed by atoms with Crippen molar-refractivity contribution in [1.82, 2.24) is 9.88 Å². The van der Waals surface area contributed by atoms with Crippen molar-refractivity contribution in [3.05, 3.63) is 22.7 Å². The van der Waals surface area contributed by atoms with E-state index in [4.69, 9.17) is 0 Å². The minimum Gasteiger partial charge on any atom is -0.351 e. The van der Waals surface area contributed by atoms with Gasteiger partial charge in [0.2, 0.25) is 0 Å². The third-order valence-electron chi connectivity index (χ3n) is 2.60. The number of hydrogen-bond acceptors (Lipinski definition) is 2. The molecule has 0 spiro atoms. The summed E-state index contributed by atoms with van der Waals surface area (Å²) in [7, 11) is 0. The number of aromatic nitrogens is 1. The first-order valence-corrected chi connectivity index (χ1v) is 6.36. The summed E-state index contributed by atoms with van der Waals surface area (Å²) < 4.78 is 3.27. The van der Waals surface area contributed by atoms with Gasteiger partial charge in [-0.2, -0.15) is 0 Å². The van der Waals surface area contributed by atoms with Crippen LogP contribution in [0, 0.1) is 6.92 Å². The lowest BCUT2D eigenvalue weighted by molar-refractivity contribution is 0.0947. The van der Waals surface area contributed by atoms with E-state index >= 15 is 0 Å². The minimum absolute atomic E-state index is 0.0189. The van der Waals surface area contributed by atoms with E-state index in [2.05, 4.69) is 29.8 Å². The van der Waals surface area contributed by atoms with E-state index in [1.54, 1.807) is 11.3 Å². The van der Waals surface area contributed by atoms with E-state index in [0.29, 0.717) is 6.54 Å². The summed E-state index contributed by atoms with van der Waals surface area (Å²) in [6.07, 6.45) is 0. The average molecular weight is 236 g/mol. The van der Waals surface area contributed by atoms with Crippen LogP contribution in [-0.4, -0.2) is 17.0 Å². The molecular weight excluding hydrogens is 220 g/mol. The van der Waals surface area contributed by atoms with Gasteiger partial charge in [-0.3, -0.25) is 4.79 Å². The molecule has 0 saturated carbocycles. The highest BCUT2D eigenvalue weighted by Gasteiger charge is 2.15. The van der Waals surface area contributed by atoms with Crippen molar-refractivity contribution in [3.63, 3.8) is 0 Å². The molecule has 86 valence electrons. The molecule has 0 atom stereocenters. The molecule has 0 fully saturated rings. The van der Waals surface area contributed by atoms with E-state index in [-0.39, 0.29) is 5.91 Å². The van der Waals surface area contributed by atoms with Crippen LogP contribution in [0.25, 0.3) is 10.2 Å². The van der Waals surface area contributed by atoms with Gasteiger partial charge >= 0.3 is 0 Å². The summed E-state index contributed by atoms with van der Waals surface area (Å²) in [4.78, 5) is 13.1. The maximum Gasteiger partial charge on any atom is 0.267 e. The predicted molar refractivity (Wildman–Crippen MR) is 68.2 cm³/mol. The molecule has 2 aromatic heterocycles. The lowest BCUT2D eigenvalue weighted by Crippen LogP contribution is -2.25. The van der Waals surface area contributed by atoms with Crippen molar-refractivity contribution in [2.24, 2.45) is 0 Å². The highest BCUT2D eigenvalue weighted by molar-refractivity contribution is 7.19. The lowest BCUT2D eigenvalue weighted by atomic mass is 10.4. The van der Waals surface area contributed by atoms with Gasteiger partial charge in [-0.25, -0.2) is 0 Å². The van der Waals surface area contributed by atoms with Crippen LogP contribution in [0.4, 0.5) is 0 Å². The van der Waals surface area contributed by atoms with Gasteiger partial charge in [0.15, 0.2) is 0 Å². The number of amides is 1. The molecule has 1 N–H and O–H groups in total. The number of carbonyl (C=O) groups is 1. The molecule has 0 aliphatic heterocycles. The van der Waals surface area contributed by atoms with Crippen molar-refractivity contribution in [2.45, 2.75) is 27.3 Å². The molecule has 0 aliphatic carbocycles. The van der Waals surface area contributed by atoms with Gasteiger partial charge in [0.05, 0.1) is 10.2 Å². The summed E-state index contributed by atoms with van der Waals surface area (Å²) >= 11 is 1.74. The lowest BCUT2D eigenvalue weighted by Gasteiger charge is -2.06. The van der Waals surface area contributed by atoms with Gasteiger partial charge in [-0.1, -0.05) is 0 Å². The molecule has 0 bridgehead atoms. The Kier molecular flexibility index (Phi) is 3.01. The van der Waals surface area contributed by atoms with E-state index in [9.17, 15) is 4.79 Å². The first-order valence-electron chi connectivity index (χ1n) is 5.55. The van der Waals surface area contributed by atoms with Crippen LogP contribution in [0.5, 0.6) is 0 Å². The number of thiophene rings is 1. The predicted octanol–water partition coefficient (Wildman–Crippen LogP) is 2.78. The van der Waals surface area contributed by atoms with E-state index in [1.807, 2.05) is 13.0 Å². The molecule has 0 aromatic carbocycles. The second-order valence-electron chi connectivity index (χ2n) is 3.74. The summed E-state index contributed by atoms with van der Waals surface area (Å²) in [6, 6.07) is 4.13. The van der Waals surface area contributed by atoms with Crippen LogP contribution in [0.2, 0.25) is 0 Å². The molecule has 1 amide bonds. The monoisotopic (exact) mass is 236 g/mol. The van der Waals surface area contributed by atoms with Crippen molar-refractivity contribution in [1.29, 1.82) is 0 Å². The molecule has 0 saturated heterocycles. The fraction of sp³-hybridized carbons (Fsp3) is 0.417. The standard InChI is InChI=1S/C12H16N2OS/c1-4-13-12(15)10-7-11-9(14(10)5-2)6-8(3)16-11/h6-7H,4-5H2,1-3H3,(H,13,15). The third-order valence-corrected chi connectivity index (χ3v) is 3.59. The number of nitrogens with zero attached hydrogens (tertiary/aromatic N) is 1. The number of nitrogens with one attached hydrogen (secondary N) is 1. The van der Waals surface area contributed by atoms with Crippen molar-refractivity contribution in [2.75, 3.05) is 6.54 Å². The molecule has 2 heterocycles. The Balaban J connectivity index is 2.53. The number of fused-ring (bicyclic) bond motifs is 1. The topological polar surface area (TPSA) is 34.0 Å². The molecular formula is C12H16N2OS. The molecule has 4 heteroatoms. The Morgan fingerprint density at radius 2 is 2.19 bits per heavy atom. The maximum absolute atomic E-state index is 11.8. The Hall–Kier alpha value is -1.29. The zero-order valence-corrected chi connectivity index (χ0v) is 10.6. The Bertz CT molecular complexity index is 524. The fourth-order valence-corrected chi connectivity index (χ4v) is 2.91. The molecule has 0 aliphatic rings. The van der Waals surface area contributed by atoms with E-state index in [0.717, 1.165) is 12.2 Å². The molecule has 0 radical (unpaired) electrons. The Labute approximate surface area is 99.1 Å². The number of carbonyl (C=O) groups excluding carboxylic acids is 1. The van der Waals surface area contributed by atoms with Gasteiger partial charge in [-0.15, -0.1) is 11.3 Å². The van der Waals surface area contributed by atoms with Crippen molar-refractivity contribution in [3.8, 4) is 0 Å². The van der Waals surface area contributed by atoms with Crippen LogP contribution < -0.4 is 5.32 Å². The molecule has 16 heavy (non-hydrogen) atoms.